The van der Waals surface area contributed by atoms with Crippen molar-refractivity contribution in [3.63, 3.8) is 0 Å². The van der Waals surface area contributed by atoms with Crippen LogP contribution in [0.25, 0.3) is 28.0 Å². The fourth-order valence-electron chi connectivity index (χ4n) is 4.83. The zero-order chi connectivity index (χ0) is 30.8. The second-order valence-corrected chi connectivity index (χ2v) is 9.83. The molecule has 0 radical (unpaired) electrons. The highest BCUT2D eigenvalue weighted by molar-refractivity contribution is 6.04. The summed E-state index contributed by atoms with van der Waals surface area (Å²) in [7, 11) is 3.15. The number of nitrogens with zero attached hydrogens (tertiary/aromatic N) is 5. The summed E-state index contributed by atoms with van der Waals surface area (Å²) in [6, 6.07) is 20.4. The van der Waals surface area contributed by atoms with Gasteiger partial charge in [0.1, 0.15) is 23.5 Å². The standard InChI is InChI=1S/C32H26FN7O4/c1-43-27-12-7-21(14-28(27)44-2)22-13-25(29(34)35-15-22)20-5-10-24(11-6-20)38-30(41)26-17-39(16-19-3-8-23(33)9-4-19)32-36-18-37-40(32)31(26)42/h3-15,17-18H,16H2,1-2H3,(H2,34,35)(H,38,41). The van der Waals surface area contributed by atoms with Crippen molar-refractivity contribution in [1.82, 2.24) is 24.1 Å². The van der Waals surface area contributed by atoms with Gasteiger partial charge in [-0.3, -0.25) is 9.59 Å². The van der Waals surface area contributed by atoms with Gasteiger partial charge in [-0.25, -0.2) is 9.37 Å². The minimum absolute atomic E-state index is 0.134. The summed E-state index contributed by atoms with van der Waals surface area (Å²) in [5.74, 6) is 0.816. The number of halogens is 1. The van der Waals surface area contributed by atoms with Gasteiger partial charge in [-0.05, 0) is 59.2 Å². The Kier molecular flexibility index (Phi) is 7.46. The fraction of sp³-hybridized carbons (Fsp3) is 0.0938. The number of carbonyl (C=O) groups is 1. The number of methoxy groups -OCH3 is 2. The van der Waals surface area contributed by atoms with E-state index in [1.54, 1.807) is 61.4 Å². The van der Waals surface area contributed by atoms with Crippen molar-refractivity contribution >= 4 is 23.2 Å². The first-order valence-electron chi connectivity index (χ1n) is 13.4. The summed E-state index contributed by atoms with van der Waals surface area (Å²) >= 11 is 0. The van der Waals surface area contributed by atoms with Crippen LogP contribution < -0.4 is 26.1 Å². The normalized spacial score (nSPS) is 11.0. The molecule has 1 amide bonds. The van der Waals surface area contributed by atoms with Crippen molar-refractivity contribution in [3.8, 4) is 33.8 Å². The van der Waals surface area contributed by atoms with Gasteiger partial charge in [0.2, 0.25) is 5.78 Å². The second kappa shape index (κ2) is 11.7. The number of ether oxygens (including phenoxy) is 2. The van der Waals surface area contributed by atoms with E-state index in [9.17, 15) is 14.0 Å². The van der Waals surface area contributed by atoms with Crippen LogP contribution in [0.5, 0.6) is 11.5 Å². The first kappa shape index (κ1) is 28.1. The Morgan fingerprint density at radius 2 is 1.64 bits per heavy atom. The molecule has 0 aliphatic rings. The average molecular weight is 592 g/mol. The summed E-state index contributed by atoms with van der Waals surface area (Å²) in [5, 5.41) is 6.76. The van der Waals surface area contributed by atoms with Crippen molar-refractivity contribution in [1.29, 1.82) is 0 Å². The topological polar surface area (TPSA) is 139 Å². The second-order valence-electron chi connectivity index (χ2n) is 9.83. The number of benzene rings is 3. The van der Waals surface area contributed by atoms with E-state index < -0.39 is 11.5 Å². The van der Waals surface area contributed by atoms with Gasteiger partial charge in [0, 0.05) is 29.2 Å². The van der Waals surface area contributed by atoms with Crippen molar-refractivity contribution in [2.24, 2.45) is 0 Å². The predicted octanol–water partition coefficient (Wildman–Crippen LogP) is 4.66. The van der Waals surface area contributed by atoms with Crippen molar-refractivity contribution < 1.29 is 18.7 Å². The Morgan fingerprint density at radius 1 is 0.909 bits per heavy atom. The molecule has 3 aromatic heterocycles. The van der Waals surface area contributed by atoms with E-state index in [4.69, 9.17) is 15.2 Å². The van der Waals surface area contributed by atoms with E-state index in [1.807, 2.05) is 24.3 Å². The molecule has 6 aromatic rings. The molecule has 0 aliphatic carbocycles. The Balaban J connectivity index is 1.25. The van der Waals surface area contributed by atoms with Gasteiger partial charge in [0.15, 0.2) is 11.5 Å². The van der Waals surface area contributed by atoms with Crippen LogP contribution in [0.2, 0.25) is 0 Å². The van der Waals surface area contributed by atoms with Crippen molar-refractivity contribution in [3.05, 3.63) is 119 Å². The van der Waals surface area contributed by atoms with Crippen LogP contribution in [0.3, 0.4) is 0 Å². The van der Waals surface area contributed by atoms with Crippen LogP contribution in [-0.4, -0.2) is 44.3 Å². The van der Waals surface area contributed by atoms with Gasteiger partial charge in [-0.1, -0.05) is 30.3 Å². The van der Waals surface area contributed by atoms with Crippen LogP contribution in [0, 0.1) is 5.82 Å². The van der Waals surface area contributed by atoms with Crippen LogP contribution in [-0.2, 0) is 6.54 Å². The molecular formula is C32H26FN7O4. The lowest BCUT2D eigenvalue weighted by Crippen LogP contribution is -2.29. The van der Waals surface area contributed by atoms with Crippen LogP contribution in [0.15, 0.2) is 96.3 Å². The van der Waals surface area contributed by atoms with E-state index in [0.29, 0.717) is 28.6 Å². The third kappa shape index (κ3) is 5.43. The van der Waals surface area contributed by atoms with Gasteiger partial charge in [0.25, 0.3) is 11.5 Å². The molecule has 12 heteroatoms. The Labute approximate surface area is 250 Å². The number of carbonyl (C=O) groups excluding carboxylic acids is 1. The fourth-order valence-corrected chi connectivity index (χ4v) is 4.83. The largest absolute Gasteiger partial charge is 0.493 e. The number of aromatic nitrogens is 5. The summed E-state index contributed by atoms with van der Waals surface area (Å²) in [6.07, 6.45) is 4.34. The van der Waals surface area contributed by atoms with Gasteiger partial charge >= 0.3 is 0 Å². The maximum Gasteiger partial charge on any atom is 0.288 e. The summed E-state index contributed by atoms with van der Waals surface area (Å²) in [6.45, 7) is 0.246. The Morgan fingerprint density at radius 3 is 2.36 bits per heavy atom. The molecule has 0 fully saturated rings. The number of anilines is 2. The lowest BCUT2D eigenvalue weighted by molar-refractivity contribution is 0.102. The molecule has 0 unspecified atom stereocenters. The molecule has 220 valence electrons. The first-order chi connectivity index (χ1) is 21.3. The van der Waals surface area contributed by atoms with Gasteiger partial charge in [-0.2, -0.15) is 14.6 Å². The maximum absolute atomic E-state index is 13.4. The molecule has 3 aromatic carbocycles. The van der Waals surface area contributed by atoms with Crippen molar-refractivity contribution in [2.75, 3.05) is 25.3 Å². The molecule has 0 aliphatic heterocycles. The third-order valence-electron chi connectivity index (χ3n) is 7.09. The smallest absolute Gasteiger partial charge is 0.288 e. The SMILES string of the molecule is COc1ccc(-c2cnc(N)c(-c3ccc(NC(=O)c4cn(Cc5ccc(F)cc5)c5ncnn5c4=O)cc3)c2)cc1OC. The zero-order valence-corrected chi connectivity index (χ0v) is 23.7. The number of fused-ring (bicyclic) bond motifs is 1. The number of nitrogens with two attached hydrogens (primary N) is 1. The number of rotatable bonds is 8. The predicted molar refractivity (Wildman–Crippen MR) is 163 cm³/mol. The van der Waals surface area contributed by atoms with Gasteiger partial charge < -0.3 is 25.1 Å². The van der Waals surface area contributed by atoms with Crippen LogP contribution >= 0.6 is 0 Å². The highest BCUT2D eigenvalue weighted by Crippen LogP contribution is 2.35. The van der Waals surface area contributed by atoms with E-state index in [2.05, 4.69) is 20.4 Å². The Bertz CT molecular complexity index is 2060. The van der Waals surface area contributed by atoms with E-state index >= 15 is 0 Å². The van der Waals surface area contributed by atoms with Crippen LogP contribution in [0.1, 0.15) is 15.9 Å². The molecule has 0 saturated carbocycles. The van der Waals surface area contributed by atoms with Gasteiger partial charge in [-0.15, -0.1) is 0 Å². The number of hydrogen-bond donors (Lipinski definition) is 2. The number of nitrogens with one attached hydrogen (secondary N) is 1. The quantitative estimate of drug-likeness (QED) is 0.261. The summed E-state index contributed by atoms with van der Waals surface area (Å²) in [5.41, 5.74) is 9.88. The minimum Gasteiger partial charge on any atom is -0.493 e. The number of pyridine rings is 1. The molecule has 0 bridgehead atoms. The maximum atomic E-state index is 13.4. The average Bonchev–Trinajstić information content (AvgIpc) is 3.55. The molecule has 3 heterocycles. The monoisotopic (exact) mass is 591 g/mol. The van der Waals surface area contributed by atoms with Crippen molar-refractivity contribution in [2.45, 2.75) is 6.54 Å². The first-order valence-corrected chi connectivity index (χ1v) is 13.4. The molecule has 11 nitrogen and oxygen atoms in total. The van der Waals surface area contributed by atoms with Gasteiger partial charge in [0.05, 0.1) is 20.8 Å². The highest BCUT2D eigenvalue weighted by Gasteiger charge is 2.18. The minimum atomic E-state index is -0.621. The molecule has 3 N–H and O–H groups in total. The number of amides is 1. The molecule has 0 atom stereocenters. The van der Waals surface area contributed by atoms with E-state index in [-0.39, 0.29) is 23.7 Å². The van der Waals surface area contributed by atoms with E-state index in [0.717, 1.165) is 26.8 Å². The Hall–Kier alpha value is -6.04. The number of nitrogen functional groups attached to an aromatic ring is 1. The number of hydrogen-bond acceptors (Lipinski definition) is 8. The highest BCUT2D eigenvalue weighted by atomic mass is 19.1. The molecule has 0 spiro atoms. The molecule has 0 saturated heterocycles. The lowest BCUT2D eigenvalue weighted by atomic mass is 10.0. The third-order valence-corrected chi connectivity index (χ3v) is 7.09. The summed E-state index contributed by atoms with van der Waals surface area (Å²) in [4.78, 5) is 34.9. The summed E-state index contributed by atoms with van der Waals surface area (Å²) < 4.78 is 26.8. The molecule has 44 heavy (non-hydrogen) atoms. The van der Waals surface area contributed by atoms with Crippen LogP contribution in [0.4, 0.5) is 15.9 Å². The lowest BCUT2D eigenvalue weighted by Gasteiger charge is -2.13. The zero-order valence-electron chi connectivity index (χ0n) is 23.7. The molecular weight excluding hydrogens is 565 g/mol. The van der Waals surface area contributed by atoms with E-state index in [1.165, 1.54) is 24.7 Å². The molecule has 6 rings (SSSR count).